The fourth-order valence-electron chi connectivity index (χ4n) is 3.72. The first-order chi connectivity index (χ1) is 12.6. The molecule has 0 fully saturated rings. The lowest BCUT2D eigenvalue weighted by Crippen LogP contribution is -2.28. The van der Waals surface area contributed by atoms with E-state index in [1.54, 1.807) is 7.11 Å². The summed E-state index contributed by atoms with van der Waals surface area (Å²) in [6.45, 7) is 6.61. The molecule has 1 aliphatic rings. The van der Waals surface area contributed by atoms with Gasteiger partial charge in [0.25, 0.3) is 0 Å². The Morgan fingerprint density at radius 2 is 1.77 bits per heavy atom. The molecule has 1 atom stereocenters. The Labute approximate surface area is 154 Å². The van der Waals surface area contributed by atoms with Crippen LogP contribution in [0.5, 0.6) is 0 Å². The molecule has 134 valence electrons. The minimum atomic E-state index is -0.121. The Balaban J connectivity index is 2.10. The van der Waals surface area contributed by atoms with E-state index in [-0.39, 0.29) is 11.6 Å². The van der Waals surface area contributed by atoms with E-state index < -0.39 is 0 Å². The molecule has 1 heterocycles. The van der Waals surface area contributed by atoms with Crippen LogP contribution >= 0.6 is 0 Å². The highest BCUT2D eigenvalue weighted by Gasteiger charge is 2.31. The maximum absolute atomic E-state index is 5.90. The van der Waals surface area contributed by atoms with Crippen molar-refractivity contribution in [1.29, 1.82) is 0 Å². The lowest BCUT2D eigenvalue weighted by atomic mass is 9.87. The molecule has 3 aromatic rings. The fourth-order valence-corrected chi connectivity index (χ4v) is 3.72. The lowest BCUT2D eigenvalue weighted by molar-refractivity contribution is 0.104. The molecule has 0 saturated heterocycles. The largest absolute Gasteiger partial charge is 0.376 e. The average Bonchev–Trinajstić information content (AvgIpc) is 3.10. The van der Waals surface area contributed by atoms with E-state index in [4.69, 9.17) is 4.74 Å². The summed E-state index contributed by atoms with van der Waals surface area (Å²) in [7, 11) is 1.79. The van der Waals surface area contributed by atoms with Gasteiger partial charge < -0.3 is 4.74 Å². The molecule has 0 amide bonds. The van der Waals surface area contributed by atoms with Crippen molar-refractivity contribution >= 4 is 0 Å². The fraction of sp³-hybridized carbons (Fsp3) is 0.364. The monoisotopic (exact) mass is 347 g/mol. The van der Waals surface area contributed by atoms with Crippen molar-refractivity contribution in [2.45, 2.75) is 45.3 Å². The van der Waals surface area contributed by atoms with Crippen molar-refractivity contribution in [3.63, 3.8) is 0 Å². The van der Waals surface area contributed by atoms with E-state index in [2.05, 4.69) is 84.3 Å². The molecular weight excluding hydrogens is 322 g/mol. The molecule has 1 unspecified atom stereocenters. The average molecular weight is 347 g/mol. The second kappa shape index (κ2) is 6.36. The molecule has 2 aromatic carbocycles. The van der Waals surface area contributed by atoms with Crippen LogP contribution in [0.2, 0.25) is 0 Å². The number of hydrogen-bond acceptors (Lipinski definition) is 3. The van der Waals surface area contributed by atoms with Crippen LogP contribution in [0.25, 0.3) is 22.5 Å². The van der Waals surface area contributed by atoms with Gasteiger partial charge in [0.1, 0.15) is 5.69 Å². The zero-order chi connectivity index (χ0) is 18.3. The molecule has 0 radical (unpaired) electrons. The Morgan fingerprint density at radius 1 is 1.08 bits per heavy atom. The van der Waals surface area contributed by atoms with Gasteiger partial charge in [0, 0.05) is 24.7 Å². The lowest BCUT2D eigenvalue weighted by Gasteiger charge is -2.28. The molecule has 0 bridgehead atoms. The normalized spacial score (nSPS) is 16.2. The van der Waals surface area contributed by atoms with Crippen LogP contribution in [0.3, 0.4) is 0 Å². The quantitative estimate of drug-likeness (QED) is 0.669. The van der Waals surface area contributed by atoms with E-state index in [1.165, 1.54) is 11.1 Å². The number of aromatic nitrogens is 3. The highest BCUT2D eigenvalue weighted by atomic mass is 16.5. The summed E-state index contributed by atoms with van der Waals surface area (Å²) in [5, 5.41) is 9.23. The Morgan fingerprint density at radius 3 is 2.50 bits per heavy atom. The molecule has 0 spiro atoms. The van der Waals surface area contributed by atoms with E-state index in [0.717, 1.165) is 35.4 Å². The maximum Gasteiger partial charge on any atom is 0.121 e. The molecule has 1 aromatic heterocycles. The van der Waals surface area contributed by atoms with E-state index in [9.17, 15) is 0 Å². The van der Waals surface area contributed by atoms with Crippen molar-refractivity contribution in [2.75, 3.05) is 7.11 Å². The van der Waals surface area contributed by atoms with Gasteiger partial charge in [0.2, 0.25) is 0 Å². The number of nitrogens with zero attached hydrogens (tertiary/aromatic N) is 3. The van der Waals surface area contributed by atoms with Crippen molar-refractivity contribution in [3.8, 4) is 22.5 Å². The Bertz CT molecular complexity index is 942. The summed E-state index contributed by atoms with van der Waals surface area (Å²) in [6, 6.07) is 17.0. The van der Waals surface area contributed by atoms with Crippen LogP contribution in [0.4, 0.5) is 0 Å². The second-order valence-corrected chi connectivity index (χ2v) is 7.54. The van der Waals surface area contributed by atoms with Crippen molar-refractivity contribution in [2.24, 2.45) is 0 Å². The maximum atomic E-state index is 5.90. The molecule has 26 heavy (non-hydrogen) atoms. The number of hydrogen-bond donors (Lipinski definition) is 0. The zero-order valence-corrected chi connectivity index (χ0v) is 15.9. The first-order valence-corrected chi connectivity index (χ1v) is 9.23. The van der Waals surface area contributed by atoms with Gasteiger partial charge in [-0.3, -0.25) is 0 Å². The Hall–Kier alpha value is -2.46. The van der Waals surface area contributed by atoms with E-state index >= 15 is 0 Å². The van der Waals surface area contributed by atoms with Gasteiger partial charge in [0.15, 0.2) is 0 Å². The summed E-state index contributed by atoms with van der Waals surface area (Å²) in [6.07, 6.45) is 1.81. The van der Waals surface area contributed by atoms with Gasteiger partial charge in [-0.15, -0.1) is 5.10 Å². The van der Waals surface area contributed by atoms with Crippen LogP contribution in [0.1, 0.15) is 44.4 Å². The minimum absolute atomic E-state index is 0.00795. The molecule has 4 heteroatoms. The number of fused-ring (bicyclic) bond motifs is 5. The highest BCUT2D eigenvalue weighted by Crippen LogP contribution is 2.42. The third-order valence-electron chi connectivity index (χ3n) is 5.63. The number of ether oxygens (including phenoxy) is 1. The third kappa shape index (κ3) is 2.56. The number of rotatable bonds is 3. The number of methoxy groups -OCH3 is 1. The van der Waals surface area contributed by atoms with Gasteiger partial charge in [-0.05, 0) is 31.4 Å². The van der Waals surface area contributed by atoms with E-state index in [1.807, 2.05) is 0 Å². The van der Waals surface area contributed by atoms with E-state index in [0.29, 0.717) is 0 Å². The smallest absolute Gasteiger partial charge is 0.121 e. The molecule has 4 nitrogen and oxygen atoms in total. The number of benzene rings is 2. The first kappa shape index (κ1) is 17.0. The van der Waals surface area contributed by atoms with Gasteiger partial charge in [-0.2, -0.15) is 0 Å². The van der Waals surface area contributed by atoms with Crippen LogP contribution in [0, 0.1) is 0 Å². The minimum Gasteiger partial charge on any atom is -0.376 e. The Kier molecular flexibility index (Phi) is 4.16. The molecule has 0 aliphatic heterocycles. The van der Waals surface area contributed by atoms with Crippen LogP contribution in [-0.4, -0.2) is 22.1 Å². The highest BCUT2D eigenvalue weighted by molar-refractivity contribution is 5.82. The SMILES string of the molecule is CCC(C)(C)n1nnc2c1-c1ccccc1C(OC)Cc1ccccc1-2. The molecule has 4 rings (SSSR count). The topological polar surface area (TPSA) is 39.9 Å². The van der Waals surface area contributed by atoms with Crippen LogP contribution < -0.4 is 0 Å². The van der Waals surface area contributed by atoms with Gasteiger partial charge in [-0.1, -0.05) is 60.7 Å². The summed E-state index contributed by atoms with van der Waals surface area (Å²) in [5.41, 5.74) is 6.68. The standard InChI is InChI=1S/C22H25N3O/c1-5-22(2,3)25-21-18-13-9-8-12-17(18)19(26-4)14-15-10-6-7-11-16(15)20(21)23-24-25/h6-13,19H,5,14H2,1-4H3. The van der Waals surface area contributed by atoms with Gasteiger partial charge in [-0.25, -0.2) is 4.68 Å². The van der Waals surface area contributed by atoms with Gasteiger partial charge in [0.05, 0.1) is 17.3 Å². The van der Waals surface area contributed by atoms with Crippen LogP contribution in [-0.2, 0) is 16.7 Å². The van der Waals surface area contributed by atoms with Crippen molar-refractivity contribution < 1.29 is 4.74 Å². The van der Waals surface area contributed by atoms with Gasteiger partial charge >= 0.3 is 0 Å². The summed E-state index contributed by atoms with van der Waals surface area (Å²) in [4.78, 5) is 0. The molecular formula is C22H25N3O. The summed E-state index contributed by atoms with van der Waals surface area (Å²) < 4.78 is 8.00. The first-order valence-electron chi connectivity index (χ1n) is 9.23. The van der Waals surface area contributed by atoms with Crippen molar-refractivity contribution in [3.05, 3.63) is 59.7 Å². The second-order valence-electron chi connectivity index (χ2n) is 7.54. The summed E-state index contributed by atoms with van der Waals surface area (Å²) in [5.74, 6) is 0. The summed E-state index contributed by atoms with van der Waals surface area (Å²) >= 11 is 0. The third-order valence-corrected chi connectivity index (χ3v) is 5.63. The zero-order valence-electron chi connectivity index (χ0n) is 15.9. The van der Waals surface area contributed by atoms with Crippen molar-refractivity contribution in [1.82, 2.24) is 15.0 Å². The molecule has 1 aliphatic carbocycles. The predicted molar refractivity (Wildman–Crippen MR) is 104 cm³/mol. The predicted octanol–water partition coefficient (Wildman–Crippen LogP) is 5.00. The van der Waals surface area contributed by atoms with Crippen LogP contribution in [0.15, 0.2) is 48.5 Å². The molecule has 0 saturated carbocycles. The molecule has 0 N–H and O–H groups in total.